The molecule has 0 spiro atoms. The second-order valence-corrected chi connectivity index (χ2v) is 6.89. The number of rotatable bonds is 7. The summed E-state index contributed by atoms with van der Waals surface area (Å²) in [5.41, 5.74) is 1.36. The van der Waals surface area contributed by atoms with E-state index in [2.05, 4.69) is 0 Å². The fourth-order valence-electron chi connectivity index (χ4n) is 2.69. The van der Waals surface area contributed by atoms with Gasteiger partial charge in [-0.05, 0) is 55.2 Å². The van der Waals surface area contributed by atoms with Crippen molar-refractivity contribution in [2.75, 3.05) is 7.11 Å². The van der Waals surface area contributed by atoms with E-state index < -0.39 is 5.60 Å². The summed E-state index contributed by atoms with van der Waals surface area (Å²) in [5, 5.41) is 0.736. The van der Waals surface area contributed by atoms with Crippen molar-refractivity contribution >= 4 is 17.6 Å². The zero-order chi connectivity index (χ0) is 18.4. The Morgan fingerprint density at radius 2 is 1.60 bits per heavy atom. The molecule has 0 N–H and O–H groups in total. The Bertz CT molecular complexity index is 694. The molecule has 0 aliphatic heterocycles. The van der Waals surface area contributed by atoms with E-state index in [1.54, 1.807) is 6.92 Å². The Morgan fingerprint density at radius 3 is 2.08 bits per heavy atom. The second kappa shape index (κ2) is 8.39. The molecule has 0 aliphatic carbocycles. The predicted molar refractivity (Wildman–Crippen MR) is 101 cm³/mol. The lowest BCUT2D eigenvalue weighted by atomic mass is 9.88. The molecule has 0 amide bonds. The van der Waals surface area contributed by atoms with Crippen molar-refractivity contribution < 1.29 is 14.3 Å². The third-order valence-corrected chi connectivity index (χ3v) is 4.97. The number of methoxy groups -OCH3 is 1. The van der Waals surface area contributed by atoms with Crippen LogP contribution in [-0.2, 0) is 16.0 Å². The number of carbonyl (C=O) groups excluding carboxylic acids is 1. The Labute approximate surface area is 154 Å². The van der Waals surface area contributed by atoms with Crippen LogP contribution in [0.2, 0.25) is 5.02 Å². The molecule has 2 atom stereocenters. The van der Waals surface area contributed by atoms with Crippen LogP contribution >= 0.6 is 11.6 Å². The van der Waals surface area contributed by atoms with Crippen LogP contribution in [0.1, 0.15) is 38.3 Å². The molecule has 0 saturated carbocycles. The quantitative estimate of drug-likeness (QED) is 0.629. The normalized spacial score (nSPS) is 14.4. The van der Waals surface area contributed by atoms with Gasteiger partial charge in [0.25, 0.3) is 0 Å². The van der Waals surface area contributed by atoms with Gasteiger partial charge in [-0.15, -0.1) is 0 Å². The van der Waals surface area contributed by atoms with Gasteiger partial charge in [0, 0.05) is 10.9 Å². The second-order valence-electron chi connectivity index (χ2n) is 6.46. The first-order valence-corrected chi connectivity index (χ1v) is 8.87. The zero-order valence-corrected chi connectivity index (χ0v) is 16.0. The number of hydrogen-bond acceptors (Lipinski definition) is 3. The van der Waals surface area contributed by atoms with Gasteiger partial charge in [0.1, 0.15) is 5.75 Å². The maximum Gasteiger partial charge on any atom is 0.350 e. The molecule has 2 aromatic rings. The fourth-order valence-corrected chi connectivity index (χ4v) is 2.82. The minimum Gasteiger partial charge on any atom is -0.476 e. The van der Waals surface area contributed by atoms with Crippen LogP contribution in [0.3, 0.4) is 0 Å². The summed E-state index contributed by atoms with van der Waals surface area (Å²) in [7, 11) is 1.39. The molecule has 2 unspecified atom stereocenters. The standard InChI is InChI=1S/C21H25ClO3/c1-5-15(2)21(3,20(23)24-4)25-19-12-8-17(9-13-19)14-16-6-10-18(22)11-7-16/h6-13,15H,5,14H2,1-4H3. The molecular formula is C21H25ClO3. The number of halogens is 1. The Kier molecular flexibility index (Phi) is 6.49. The third-order valence-electron chi connectivity index (χ3n) is 4.72. The largest absolute Gasteiger partial charge is 0.476 e. The Balaban J connectivity index is 2.12. The van der Waals surface area contributed by atoms with E-state index in [-0.39, 0.29) is 11.9 Å². The van der Waals surface area contributed by atoms with Gasteiger partial charge in [0.05, 0.1) is 7.11 Å². The molecule has 3 nitrogen and oxygen atoms in total. The number of carbonyl (C=O) groups is 1. The molecule has 25 heavy (non-hydrogen) atoms. The van der Waals surface area contributed by atoms with E-state index in [1.807, 2.05) is 62.4 Å². The highest BCUT2D eigenvalue weighted by Crippen LogP contribution is 2.29. The number of ether oxygens (including phenoxy) is 2. The highest BCUT2D eigenvalue weighted by molar-refractivity contribution is 6.30. The SMILES string of the molecule is CCC(C)C(C)(Oc1ccc(Cc2ccc(Cl)cc2)cc1)C(=O)OC. The lowest BCUT2D eigenvalue weighted by Crippen LogP contribution is -2.48. The molecule has 0 aromatic heterocycles. The van der Waals surface area contributed by atoms with Crippen LogP contribution in [-0.4, -0.2) is 18.7 Å². The summed E-state index contributed by atoms with van der Waals surface area (Å²) in [6.45, 7) is 5.81. The summed E-state index contributed by atoms with van der Waals surface area (Å²) in [6.07, 6.45) is 1.64. The molecule has 0 saturated heterocycles. The molecule has 2 rings (SSSR count). The number of hydrogen-bond donors (Lipinski definition) is 0. The van der Waals surface area contributed by atoms with E-state index in [1.165, 1.54) is 12.7 Å². The number of esters is 1. The van der Waals surface area contributed by atoms with Crippen molar-refractivity contribution in [3.63, 3.8) is 0 Å². The molecule has 2 aromatic carbocycles. The van der Waals surface area contributed by atoms with Crippen LogP contribution in [0.15, 0.2) is 48.5 Å². The first-order chi connectivity index (χ1) is 11.9. The lowest BCUT2D eigenvalue weighted by molar-refractivity contribution is -0.162. The van der Waals surface area contributed by atoms with E-state index in [0.29, 0.717) is 5.75 Å². The van der Waals surface area contributed by atoms with E-state index in [9.17, 15) is 4.79 Å². The van der Waals surface area contributed by atoms with Crippen LogP contribution < -0.4 is 4.74 Å². The molecule has 4 heteroatoms. The van der Waals surface area contributed by atoms with Gasteiger partial charge >= 0.3 is 5.97 Å². The van der Waals surface area contributed by atoms with Gasteiger partial charge in [0.2, 0.25) is 5.60 Å². The van der Waals surface area contributed by atoms with E-state index in [4.69, 9.17) is 21.1 Å². The van der Waals surface area contributed by atoms with Crippen LogP contribution in [0.25, 0.3) is 0 Å². The van der Waals surface area contributed by atoms with Crippen LogP contribution in [0.4, 0.5) is 0 Å². The molecular weight excluding hydrogens is 336 g/mol. The van der Waals surface area contributed by atoms with Crippen LogP contribution in [0, 0.1) is 5.92 Å². The molecule has 0 bridgehead atoms. The minimum absolute atomic E-state index is 0.0358. The highest BCUT2D eigenvalue weighted by atomic mass is 35.5. The average molecular weight is 361 g/mol. The van der Waals surface area contributed by atoms with Gasteiger partial charge in [-0.2, -0.15) is 0 Å². The summed E-state index contributed by atoms with van der Waals surface area (Å²) >= 11 is 5.92. The molecule has 0 heterocycles. The Morgan fingerprint density at radius 1 is 1.08 bits per heavy atom. The molecule has 0 aliphatic rings. The van der Waals surface area contributed by atoms with Crippen molar-refractivity contribution in [2.24, 2.45) is 5.92 Å². The summed E-state index contributed by atoms with van der Waals surface area (Å²) in [5.74, 6) is 0.342. The first-order valence-electron chi connectivity index (χ1n) is 8.49. The topological polar surface area (TPSA) is 35.5 Å². The predicted octanol–water partition coefficient (Wildman–Crippen LogP) is 5.29. The average Bonchev–Trinajstić information content (AvgIpc) is 2.63. The van der Waals surface area contributed by atoms with Crippen LogP contribution in [0.5, 0.6) is 5.75 Å². The maximum atomic E-state index is 12.2. The van der Waals surface area contributed by atoms with Crippen molar-refractivity contribution in [3.8, 4) is 5.75 Å². The third kappa shape index (κ3) is 4.76. The first kappa shape index (κ1) is 19.3. The minimum atomic E-state index is -0.999. The monoisotopic (exact) mass is 360 g/mol. The zero-order valence-electron chi connectivity index (χ0n) is 15.2. The van der Waals surface area contributed by atoms with Gasteiger partial charge < -0.3 is 9.47 Å². The molecule has 0 fully saturated rings. The van der Waals surface area contributed by atoms with Gasteiger partial charge in [-0.3, -0.25) is 0 Å². The van der Waals surface area contributed by atoms with Crippen molar-refractivity contribution in [1.29, 1.82) is 0 Å². The maximum absolute atomic E-state index is 12.2. The summed E-state index contributed by atoms with van der Waals surface area (Å²) in [4.78, 5) is 12.2. The summed E-state index contributed by atoms with van der Waals surface area (Å²) in [6, 6.07) is 15.6. The van der Waals surface area contributed by atoms with Gasteiger partial charge in [-0.1, -0.05) is 49.7 Å². The van der Waals surface area contributed by atoms with Crippen molar-refractivity contribution in [1.82, 2.24) is 0 Å². The molecule has 134 valence electrons. The molecule has 0 radical (unpaired) electrons. The number of benzene rings is 2. The summed E-state index contributed by atoms with van der Waals surface area (Å²) < 4.78 is 11.0. The van der Waals surface area contributed by atoms with Gasteiger partial charge in [0.15, 0.2) is 0 Å². The van der Waals surface area contributed by atoms with Crippen molar-refractivity contribution in [3.05, 3.63) is 64.7 Å². The Hall–Kier alpha value is -2.00. The lowest BCUT2D eigenvalue weighted by Gasteiger charge is -2.33. The van der Waals surface area contributed by atoms with E-state index >= 15 is 0 Å². The smallest absolute Gasteiger partial charge is 0.350 e. The van der Waals surface area contributed by atoms with Gasteiger partial charge in [-0.25, -0.2) is 4.79 Å². The highest BCUT2D eigenvalue weighted by Gasteiger charge is 2.41. The van der Waals surface area contributed by atoms with Crippen molar-refractivity contribution in [2.45, 2.75) is 39.2 Å². The van der Waals surface area contributed by atoms with E-state index in [0.717, 1.165) is 23.4 Å². The fraction of sp³-hybridized carbons (Fsp3) is 0.381.